The summed E-state index contributed by atoms with van der Waals surface area (Å²) in [4.78, 5) is 12.2. The van der Waals surface area contributed by atoms with Crippen molar-refractivity contribution in [1.29, 1.82) is 0 Å². The van der Waals surface area contributed by atoms with Crippen molar-refractivity contribution in [2.24, 2.45) is 0 Å². The minimum absolute atomic E-state index is 0.242. The van der Waals surface area contributed by atoms with Gasteiger partial charge in [-0.25, -0.2) is 0 Å². The molecule has 0 atom stereocenters. The van der Waals surface area contributed by atoms with E-state index < -0.39 is 0 Å². The van der Waals surface area contributed by atoms with Gasteiger partial charge in [0, 0.05) is 5.69 Å². The van der Waals surface area contributed by atoms with Crippen molar-refractivity contribution >= 4 is 17.5 Å². The number of nitrogens with one attached hydrogen (secondary N) is 1. The van der Waals surface area contributed by atoms with Gasteiger partial charge in [-0.2, -0.15) is 0 Å². The molecular formula is C16H13ClN4O. The number of carbonyl (C=O) groups excluding carboxylic acids is 1. The molecule has 1 aromatic heterocycles. The third kappa shape index (κ3) is 2.99. The smallest absolute Gasteiger partial charge is 0.253 e. The fourth-order valence-electron chi connectivity index (χ4n) is 2.08. The second-order valence-electron chi connectivity index (χ2n) is 4.62. The summed E-state index contributed by atoms with van der Waals surface area (Å²) in [6.45, 7) is 0.263. The second-order valence-corrected chi connectivity index (χ2v) is 5.02. The van der Waals surface area contributed by atoms with Crippen LogP contribution in [0.2, 0.25) is 5.02 Å². The zero-order chi connectivity index (χ0) is 15.4. The van der Waals surface area contributed by atoms with Crippen molar-refractivity contribution in [1.82, 2.24) is 20.1 Å². The zero-order valence-electron chi connectivity index (χ0n) is 11.6. The highest BCUT2D eigenvalue weighted by Crippen LogP contribution is 2.15. The lowest BCUT2D eigenvalue weighted by Crippen LogP contribution is -2.24. The maximum atomic E-state index is 12.2. The summed E-state index contributed by atoms with van der Waals surface area (Å²) in [5.74, 6) is 0.403. The predicted octanol–water partition coefficient (Wildman–Crippen LogP) is 2.85. The second kappa shape index (κ2) is 6.41. The third-order valence-corrected chi connectivity index (χ3v) is 3.51. The van der Waals surface area contributed by atoms with E-state index in [1.54, 1.807) is 30.6 Å². The molecule has 2 aromatic carbocycles. The van der Waals surface area contributed by atoms with Crippen molar-refractivity contribution in [3.05, 3.63) is 77.3 Å². The molecule has 3 rings (SSSR count). The van der Waals surface area contributed by atoms with Gasteiger partial charge < -0.3 is 5.32 Å². The monoisotopic (exact) mass is 312 g/mol. The van der Waals surface area contributed by atoms with Crippen molar-refractivity contribution in [3.8, 4) is 5.69 Å². The Labute approximate surface area is 132 Å². The van der Waals surface area contributed by atoms with Gasteiger partial charge in [-0.05, 0) is 24.3 Å². The first kappa shape index (κ1) is 14.3. The molecule has 0 aliphatic carbocycles. The molecule has 0 aliphatic heterocycles. The lowest BCUT2D eigenvalue weighted by atomic mass is 10.2. The van der Waals surface area contributed by atoms with E-state index in [1.165, 1.54) is 0 Å². The Kier molecular flexibility index (Phi) is 4.16. The molecule has 22 heavy (non-hydrogen) atoms. The van der Waals surface area contributed by atoms with Crippen molar-refractivity contribution in [2.45, 2.75) is 6.54 Å². The van der Waals surface area contributed by atoms with Crippen LogP contribution in [0.4, 0.5) is 0 Å². The fourth-order valence-corrected chi connectivity index (χ4v) is 2.31. The summed E-state index contributed by atoms with van der Waals surface area (Å²) in [5.41, 5.74) is 1.38. The number of benzene rings is 2. The summed E-state index contributed by atoms with van der Waals surface area (Å²) >= 11 is 6.01. The molecule has 5 nitrogen and oxygen atoms in total. The summed E-state index contributed by atoms with van der Waals surface area (Å²) in [6.07, 6.45) is 1.62. The maximum Gasteiger partial charge on any atom is 0.253 e. The topological polar surface area (TPSA) is 59.8 Å². The molecule has 0 bridgehead atoms. The molecule has 0 spiro atoms. The quantitative estimate of drug-likeness (QED) is 0.806. The summed E-state index contributed by atoms with van der Waals surface area (Å²) < 4.78 is 1.83. The van der Waals surface area contributed by atoms with Crippen LogP contribution in [0.1, 0.15) is 16.2 Å². The van der Waals surface area contributed by atoms with Crippen molar-refractivity contribution in [2.75, 3.05) is 0 Å². The van der Waals surface area contributed by atoms with Gasteiger partial charge in [0.05, 0.1) is 17.1 Å². The average Bonchev–Trinajstić information content (AvgIpc) is 3.02. The van der Waals surface area contributed by atoms with E-state index >= 15 is 0 Å². The first-order valence-corrected chi connectivity index (χ1v) is 7.10. The average molecular weight is 313 g/mol. The van der Waals surface area contributed by atoms with Gasteiger partial charge >= 0.3 is 0 Å². The SMILES string of the molecule is O=C(NCc1nncn1-c1ccccc1)c1ccccc1Cl. The van der Waals surface area contributed by atoms with Gasteiger partial charge in [0.1, 0.15) is 6.33 Å². The Hall–Kier alpha value is -2.66. The van der Waals surface area contributed by atoms with Crippen LogP contribution in [0.25, 0.3) is 5.69 Å². The first-order valence-electron chi connectivity index (χ1n) is 6.73. The summed E-state index contributed by atoms with van der Waals surface area (Å²) in [6, 6.07) is 16.6. The molecule has 0 aliphatic rings. The molecule has 110 valence electrons. The van der Waals surface area contributed by atoms with E-state index in [-0.39, 0.29) is 12.5 Å². The van der Waals surface area contributed by atoms with Gasteiger partial charge in [0.15, 0.2) is 5.82 Å². The van der Waals surface area contributed by atoms with Crippen LogP contribution in [-0.4, -0.2) is 20.7 Å². The standard InChI is InChI=1S/C16H13ClN4O/c17-14-9-5-4-8-13(14)16(22)18-10-15-20-19-11-21(15)12-6-2-1-3-7-12/h1-9,11H,10H2,(H,18,22). The van der Waals surface area contributed by atoms with Crippen LogP contribution in [0, 0.1) is 0 Å². The molecule has 0 unspecified atom stereocenters. The van der Waals surface area contributed by atoms with Crippen LogP contribution >= 0.6 is 11.6 Å². The first-order chi connectivity index (χ1) is 10.8. The van der Waals surface area contributed by atoms with Crippen LogP contribution < -0.4 is 5.32 Å². The van der Waals surface area contributed by atoms with E-state index in [0.717, 1.165) is 5.69 Å². The fraction of sp³-hybridized carbons (Fsp3) is 0.0625. The van der Waals surface area contributed by atoms with Crippen molar-refractivity contribution in [3.63, 3.8) is 0 Å². The van der Waals surface area contributed by atoms with Crippen molar-refractivity contribution < 1.29 is 4.79 Å². The van der Waals surface area contributed by atoms with E-state index in [2.05, 4.69) is 15.5 Å². The molecule has 1 amide bonds. The highest BCUT2D eigenvalue weighted by Gasteiger charge is 2.11. The number of amides is 1. The minimum atomic E-state index is -0.242. The number of hydrogen-bond donors (Lipinski definition) is 1. The number of rotatable bonds is 4. The molecule has 0 saturated carbocycles. The zero-order valence-corrected chi connectivity index (χ0v) is 12.4. The van der Waals surface area contributed by atoms with Gasteiger partial charge in [-0.1, -0.05) is 41.9 Å². The van der Waals surface area contributed by atoms with Crippen LogP contribution in [0.15, 0.2) is 60.9 Å². The molecule has 3 aromatic rings. The number of halogens is 1. The Balaban J connectivity index is 1.75. The Morgan fingerprint density at radius 3 is 2.59 bits per heavy atom. The van der Waals surface area contributed by atoms with Crippen LogP contribution in [0.3, 0.4) is 0 Å². The number of nitrogens with zero attached hydrogens (tertiary/aromatic N) is 3. The van der Waals surface area contributed by atoms with Crippen LogP contribution in [0.5, 0.6) is 0 Å². The van der Waals surface area contributed by atoms with E-state index in [1.807, 2.05) is 34.9 Å². The molecule has 0 radical (unpaired) electrons. The largest absolute Gasteiger partial charge is 0.345 e. The lowest BCUT2D eigenvalue weighted by molar-refractivity contribution is 0.0950. The lowest BCUT2D eigenvalue weighted by Gasteiger charge is -2.08. The molecular weight excluding hydrogens is 300 g/mol. The van der Waals surface area contributed by atoms with Crippen LogP contribution in [-0.2, 0) is 6.54 Å². The molecule has 0 fully saturated rings. The molecule has 0 saturated heterocycles. The van der Waals surface area contributed by atoms with Gasteiger partial charge in [0.25, 0.3) is 5.91 Å². The highest BCUT2D eigenvalue weighted by atomic mass is 35.5. The third-order valence-electron chi connectivity index (χ3n) is 3.18. The summed E-state index contributed by atoms with van der Waals surface area (Å²) in [5, 5.41) is 11.2. The number of hydrogen-bond acceptors (Lipinski definition) is 3. The van der Waals surface area contributed by atoms with Gasteiger partial charge in [-0.15, -0.1) is 10.2 Å². The van der Waals surface area contributed by atoms with Gasteiger partial charge in [-0.3, -0.25) is 9.36 Å². The normalized spacial score (nSPS) is 10.4. The molecule has 1 N–H and O–H groups in total. The molecule has 6 heteroatoms. The minimum Gasteiger partial charge on any atom is -0.345 e. The van der Waals surface area contributed by atoms with E-state index in [9.17, 15) is 4.79 Å². The number of carbonyl (C=O) groups is 1. The number of aromatic nitrogens is 3. The Bertz CT molecular complexity index is 786. The Morgan fingerprint density at radius 2 is 1.82 bits per heavy atom. The summed E-state index contributed by atoms with van der Waals surface area (Å²) in [7, 11) is 0. The van der Waals surface area contributed by atoms with E-state index in [4.69, 9.17) is 11.6 Å². The van der Waals surface area contributed by atoms with E-state index in [0.29, 0.717) is 16.4 Å². The predicted molar refractivity (Wildman–Crippen MR) is 84.0 cm³/mol. The maximum absolute atomic E-state index is 12.2. The molecule has 1 heterocycles. The van der Waals surface area contributed by atoms with Gasteiger partial charge in [0.2, 0.25) is 0 Å². The highest BCUT2D eigenvalue weighted by molar-refractivity contribution is 6.33. The number of para-hydroxylation sites is 1. The Morgan fingerprint density at radius 1 is 1.09 bits per heavy atom.